The summed E-state index contributed by atoms with van der Waals surface area (Å²) in [5, 5.41) is 0. The van der Waals surface area contributed by atoms with Crippen LogP contribution in [0.15, 0.2) is 0 Å². The zero-order valence-corrected chi connectivity index (χ0v) is 7.49. The Morgan fingerprint density at radius 2 is 1.70 bits per heavy atom. The Kier molecular flexibility index (Phi) is 7.99. The summed E-state index contributed by atoms with van der Waals surface area (Å²) in [6.45, 7) is 2.04. The maximum atomic E-state index is 5.32. The summed E-state index contributed by atoms with van der Waals surface area (Å²) in [6, 6.07) is 0.309. The maximum absolute atomic E-state index is 5.32. The Labute approximate surface area is 71.4 Å². The molecule has 0 rings (SSSR count). The van der Waals surface area contributed by atoms with Crippen LogP contribution < -0.4 is 0 Å². The van der Waals surface area contributed by atoms with Gasteiger partial charge in [0.05, 0.1) is 0 Å². The van der Waals surface area contributed by atoms with Crippen LogP contribution in [-0.4, -0.2) is 18.4 Å². The first-order valence-corrected chi connectivity index (χ1v) is 4.27. The summed E-state index contributed by atoms with van der Waals surface area (Å²) >= 11 is 10.6. The minimum atomic E-state index is -0.236. The molecule has 0 aromatic carbocycles. The predicted molar refractivity (Wildman–Crippen MR) is 42.3 cm³/mol. The van der Waals surface area contributed by atoms with Crippen LogP contribution in [0.4, 0.5) is 0 Å². The van der Waals surface area contributed by atoms with Gasteiger partial charge in [-0.15, -0.1) is 0 Å². The van der Waals surface area contributed by atoms with Gasteiger partial charge in [-0.1, -0.05) is 36.5 Å². The van der Waals surface area contributed by atoms with Crippen LogP contribution >= 0.6 is 23.2 Å². The van der Waals surface area contributed by atoms with E-state index in [-0.39, 0.29) is 18.4 Å². The summed E-state index contributed by atoms with van der Waals surface area (Å²) in [5.41, 5.74) is 0. The average molecular weight is 187 g/mol. The first-order valence-electron chi connectivity index (χ1n) is 3.20. The monoisotopic (exact) mass is 186 g/mol. The van der Waals surface area contributed by atoms with Gasteiger partial charge >= 0.3 is 0 Å². The molecule has 0 aliphatic rings. The molecule has 0 heterocycles. The van der Waals surface area contributed by atoms with E-state index in [0.717, 1.165) is 12.8 Å². The fourth-order valence-corrected chi connectivity index (χ4v) is 0.872. The van der Waals surface area contributed by atoms with Crippen molar-refractivity contribution < 1.29 is 9.47 Å². The van der Waals surface area contributed by atoms with Crippen LogP contribution in [0.2, 0.25) is 0 Å². The van der Waals surface area contributed by atoms with Crippen molar-refractivity contribution in [1.82, 2.24) is 0 Å². The van der Waals surface area contributed by atoms with Crippen molar-refractivity contribution in [2.24, 2.45) is 0 Å². The van der Waals surface area contributed by atoms with E-state index in [1.165, 1.54) is 0 Å². The second-order valence-electron chi connectivity index (χ2n) is 1.77. The molecular formula is C6H12Cl2O2. The topological polar surface area (TPSA) is 18.5 Å². The van der Waals surface area contributed by atoms with Crippen LogP contribution in [-0.2, 0) is 9.47 Å². The van der Waals surface area contributed by atoms with E-state index in [0.29, 0.717) is 0 Å². The highest BCUT2D eigenvalue weighted by Crippen LogP contribution is 2.05. The van der Waals surface area contributed by atoms with E-state index in [9.17, 15) is 0 Å². The van der Waals surface area contributed by atoms with Gasteiger partial charge in [0, 0.05) is 0 Å². The molecule has 0 aromatic heterocycles. The lowest BCUT2D eigenvalue weighted by molar-refractivity contribution is -0.120. The van der Waals surface area contributed by atoms with Crippen molar-refractivity contribution >= 4 is 23.2 Å². The van der Waals surface area contributed by atoms with E-state index in [1.807, 2.05) is 6.92 Å². The van der Waals surface area contributed by atoms with Crippen molar-refractivity contribution in [2.45, 2.75) is 26.1 Å². The molecular weight excluding hydrogens is 175 g/mol. The lowest BCUT2D eigenvalue weighted by atomic mass is 10.3. The summed E-state index contributed by atoms with van der Waals surface area (Å²) in [7, 11) is 0. The molecule has 4 heteroatoms. The van der Waals surface area contributed by atoms with Crippen molar-refractivity contribution in [3.8, 4) is 0 Å². The second kappa shape index (κ2) is 7.61. The molecule has 0 unspecified atom stereocenters. The zero-order valence-electron chi connectivity index (χ0n) is 5.98. The molecule has 0 saturated carbocycles. The molecule has 0 N–H and O–H groups in total. The van der Waals surface area contributed by atoms with E-state index >= 15 is 0 Å². The van der Waals surface area contributed by atoms with Gasteiger partial charge in [-0.3, -0.25) is 0 Å². The molecule has 0 radical (unpaired) electrons. The van der Waals surface area contributed by atoms with Gasteiger partial charge in [0.1, 0.15) is 12.1 Å². The van der Waals surface area contributed by atoms with Crippen LogP contribution in [0, 0.1) is 0 Å². The third-order valence-corrected chi connectivity index (χ3v) is 1.27. The summed E-state index contributed by atoms with van der Waals surface area (Å²) < 4.78 is 9.96. The normalized spacial score (nSPS) is 10.8. The smallest absolute Gasteiger partial charge is 0.160 e. The third-order valence-electron chi connectivity index (χ3n) is 1.02. The largest absolute Gasteiger partial charge is 0.337 e. The molecule has 0 aromatic rings. The molecule has 62 valence electrons. The maximum Gasteiger partial charge on any atom is 0.160 e. The van der Waals surface area contributed by atoms with Crippen LogP contribution in [0.3, 0.4) is 0 Å². The first-order chi connectivity index (χ1) is 4.85. The predicted octanol–water partition coefficient (Wildman–Crippen LogP) is 2.54. The Balaban J connectivity index is 3.30. The molecule has 0 amide bonds. The highest BCUT2D eigenvalue weighted by Gasteiger charge is 2.05. The van der Waals surface area contributed by atoms with Gasteiger partial charge in [-0.05, 0) is 6.42 Å². The Bertz CT molecular complexity index is 56.5. The minimum absolute atomic E-state index is 0.154. The van der Waals surface area contributed by atoms with E-state index in [4.69, 9.17) is 32.7 Å². The molecule has 0 aliphatic carbocycles. The summed E-state index contributed by atoms with van der Waals surface area (Å²) in [6.07, 6.45) is 1.60. The van der Waals surface area contributed by atoms with Gasteiger partial charge in [0.2, 0.25) is 0 Å². The van der Waals surface area contributed by atoms with Gasteiger partial charge in [0.15, 0.2) is 6.29 Å². The number of hydrogen-bond donors (Lipinski definition) is 0. The quantitative estimate of drug-likeness (QED) is 0.469. The first kappa shape index (κ1) is 10.5. The number of hydrogen-bond acceptors (Lipinski definition) is 2. The van der Waals surface area contributed by atoms with Crippen LogP contribution in [0.25, 0.3) is 0 Å². The zero-order chi connectivity index (χ0) is 7.82. The highest BCUT2D eigenvalue weighted by atomic mass is 35.5. The van der Waals surface area contributed by atoms with Crippen molar-refractivity contribution in [3.63, 3.8) is 0 Å². The van der Waals surface area contributed by atoms with E-state index < -0.39 is 0 Å². The molecule has 0 spiro atoms. The van der Waals surface area contributed by atoms with E-state index in [2.05, 4.69) is 0 Å². The van der Waals surface area contributed by atoms with Gasteiger partial charge in [0.25, 0.3) is 0 Å². The van der Waals surface area contributed by atoms with E-state index in [1.54, 1.807) is 0 Å². The van der Waals surface area contributed by atoms with Gasteiger partial charge in [-0.2, -0.15) is 0 Å². The SMILES string of the molecule is CCCC(OCCl)OCCl. The van der Waals surface area contributed by atoms with Crippen LogP contribution in [0.5, 0.6) is 0 Å². The molecule has 10 heavy (non-hydrogen) atoms. The van der Waals surface area contributed by atoms with Crippen molar-refractivity contribution in [1.29, 1.82) is 0 Å². The standard InChI is InChI=1S/C6H12Cl2O2/c1-2-3-6(9-4-7)10-5-8/h6H,2-5H2,1H3. The fraction of sp³-hybridized carbons (Fsp3) is 1.00. The minimum Gasteiger partial charge on any atom is -0.337 e. The number of rotatable bonds is 6. The molecule has 2 nitrogen and oxygen atoms in total. The molecule has 0 bridgehead atoms. The van der Waals surface area contributed by atoms with Gasteiger partial charge < -0.3 is 9.47 Å². The fourth-order valence-electron chi connectivity index (χ4n) is 0.591. The molecule has 0 atom stereocenters. The average Bonchev–Trinajstić information content (AvgIpc) is 1.90. The third kappa shape index (κ3) is 5.30. The lowest BCUT2D eigenvalue weighted by Crippen LogP contribution is -2.15. The van der Waals surface area contributed by atoms with Crippen molar-refractivity contribution in [3.05, 3.63) is 0 Å². The number of halogens is 2. The Hall–Kier alpha value is 0.500. The lowest BCUT2D eigenvalue weighted by Gasteiger charge is -2.13. The second-order valence-corrected chi connectivity index (χ2v) is 2.21. The summed E-state index contributed by atoms with van der Waals surface area (Å²) in [5.74, 6) is 0. The van der Waals surface area contributed by atoms with Crippen LogP contribution in [0.1, 0.15) is 19.8 Å². The molecule has 0 saturated heterocycles. The Morgan fingerprint density at radius 1 is 1.20 bits per heavy atom. The Morgan fingerprint density at radius 3 is 2.00 bits per heavy atom. The molecule has 0 aliphatic heterocycles. The highest BCUT2D eigenvalue weighted by molar-refractivity contribution is 6.17. The number of alkyl halides is 2. The van der Waals surface area contributed by atoms with Crippen molar-refractivity contribution in [2.75, 3.05) is 12.1 Å². The summed E-state index contributed by atoms with van der Waals surface area (Å²) in [4.78, 5) is 0. The number of ether oxygens (including phenoxy) is 2. The molecule has 0 fully saturated rings. The van der Waals surface area contributed by atoms with Gasteiger partial charge in [-0.25, -0.2) is 0 Å².